The third kappa shape index (κ3) is 47.9. The summed E-state index contributed by atoms with van der Waals surface area (Å²) in [5.41, 5.74) is 0. The first-order valence-electron chi connectivity index (χ1n) is 26.0. The fourth-order valence-corrected chi connectivity index (χ4v) is 7.08. The van der Waals surface area contributed by atoms with Crippen LogP contribution in [0.3, 0.4) is 0 Å². The lowest BCUT2D eigenvalue weighted by Crippen LogP contribution is -2.30. The predicted octanol–water partition coefficient (Wildman–Crippen LogP) is 17.0. The molecule has 0 saturated heterocycles. The number of esters is 3. The van der Waals surface area contributed by atoms with Crippen LogP contribution in [0.5, 0.6) is 0 Å². The SMILES string of the molecule is CC/C=C\C/C=C\C/C=C\CC(=O)OCC(COC(=O)CCCCCCC/C=C\C=C/CCCCCCCCC)OC(=O)CCCCCCCCC/C=C\CCCCCCCC. The van der Waals surface area contributed by atoms with E-state index in [1.54, 1.807) is 6.08 Å². The average Bonchev–Trinajstić information content (AvgIpc) is 3.27. The van der Waals surface area contributed by atoms with Gasteiger partial charge in [-0.15, -0.1) is 0 Å². The molecular formula is C56H96O6. The fraction of sp³-hybridized carbons (Fsp3) is 0.732. The molecule has 0 aromatic carbocycles. The molecule has 0 aromatic rings. The maximum absolute atomic E-state index is 12.8. The van der Waals surface area contributed by atoms with Crippen LogP contribution in [0, 0.1) is 0 Å². The van der Waals surface area contributed by atoms with E-state index in [2.05, 4.69) is 81.5 Å². The van der Waals surface area contributed by atoms with Gasteiger partial charge in [0.1, 0.15) is 13.2 Å². The highest BCUT2D eigenvalue weighted by Crippen LogP contribution is 2.14. The minimum Gasteiger partial charge on any atom is -0.462 e. The second kappa shape index (κ2) is 50.5. The van der Waals surface area contributed by atoms with Gasteiger partial charge in [0.25, 0.3) is 0 Å². The number of hydrogen-bond acceptors (Lipinski definition) is 6. The van der Waals surface area contributed by atoms with E-state index in [1.807, 2.05) is 6.08 Å². The molecule has 0 saturated carbocycles. The monoisotopic (exact) mass is 865 g/mol. The Hall–Kier alpha value is -3.15. The van der Waals surface area contributed by atoms with Gasteiger partial charge in [0.15, 0.2) is 6.10 Å². The Morgan fingerprint density at radius 2 is 0.742 bits per heavy atom. The first-order chi connectivity index (χ1) is 30.5. The average molecular weight is 865 g/mol. The molecule has 0 aliphatic carbocycles. The van der Waals surface area contributed by atoms with Crippen molar-refractivity contribution in [3.63, 3.8) is 0 Å². The summed E-state index contributed by atoms with van der Waals surface area (Å²) < 4.78 is 16.6. The van der Waals surface area contributed by atoms with Crippen molar-refractivity contribution in [1.29, 1.82) is 0 Å². The van der Waals surface area contributed by atoms with Gasteiger partial charge in [0.2, 0.25) is 0 Å². The van der Waals surface area contributed by atoms with Gasteiger partial charge in [0.05, 0.1) is 6.42 Å². The van der Waals surface area contributed by atoms with Crippen molar-refractivity contribution >= 4 is 17.9 Å². The van der Waals surface area contributed by atoms with Gasteiger partial charge < -0.3 is 14.2 Å². The molecule has 0 spiro atoms. The van der Waals surface area contributed by atoms with Gasteiger partial charge in [-0.2, -0.15) is 0 Å². The molecule has 0 aliphatic heterocycles. The zero-order valence-corrected chi connectivity index (χ0v) is 40.6. The number of hydrogen-bond donors (Lipinski definition) is 0. The van der Waals surface area contributed by atoms with Crippen LogP contribution in [0.1, 0.15) is 245 Å². The van der Waals surface area contributed by atoms with E-state index < -0.39 is 12.1 Å². The molecule has 6 heteroatoms. The molecular weight excluding hydrogens is 769 g/mol. The third-order valence-corrected chi connectivity index (χ3v) is 11.0. The van der Waals surface area contributed by atoms with Crippen LogP contribution in [0.4, 0.5) is 0 Å². The van der Waals surface area contributed by atoms with Crippen LogP contribution in [0.2, 0.25) is 0 Å². The molecule has 0 heterocycles. The maximum Gasteiger partial charge on any atom is 0.309 e. The number of carbonyl (C=O) groups excluding carboxylic acids is 3. The summed E-state index contributed by atoms with van der Waals surface area (Å²) in [7, 11) is 0. The van der Waals surface area contributed by atoms with Gasteiger partial charge in [-0.05, 0) is 83.5 Å². The normalized spacial score (nSPS) is 12.6. The number of allylic oxidation sites excluding steroid dienone is 11. The Labute approximate surface area is 382 Å². The summed E-state index contributed by atoms with van der Waals surface area (Å²) in [5, 5.41) is 0. The van der Waals surface area contributed by atoms with E-state index in [1.165, 1.54) is 128 Å². The molecule has 0 N–H and O–H groups in total. The zero-order chi connectivity index (χ0) is 45.1. The Bertz CT molecular complexity index is 1180. The molecule has 0 bridgehead atoms. The van der Waals surface area contributed by atoms with Crippen molar-refractivity contribution in [2.24, 2.45) is 0 Å². The van der Waals surface area contributed by atoms with E-state index in [4.69, 9.17) is 14.2 Å². The van der Waals surface area contributed by atoms with E-state index in [0.717, 1.165) is 77.0 Å². The predicted molar refractivity (Wildman–Crippen MR) is 265 cm³/mol. The minimum absolute atomic E-state index is 0.112. The molecule has 356 valence electrons. The fourth-order valence-electron chi connectivity index (χ4n) is 7.08. The highest BCUT2D eigenvalue weighted by molar-refractivity contribution is 5.72. The van der Waals surface area contributed by atoms with Crippen molar-refractivity contribution in [3.8, 4) is 0 Å². The van der Waals surface area contributed by atoms with Crippen LogP contribution >= 0.6 is 0 Å². The second-order valence-corrected chi connectivity index (χ2v) is 17.1. The molecule has 1 unspecified atom stereocenters. The first-order valence-corrected chi connectivity index (χ1v) is 26.0. The number of ether oxygens (including phenoxy) is 3. The molecule has 0 aromatic heterocycles. The largest absolute Gasteiger partial charge is 0.462 e. The first kappa shape index (κ1) is 58.9. The number of carbonyl (C=O) groups is 3. The van der Waals surface area contributed by atoms with Crippen molar-refractivity contribution in [2.45, 2.75) is 252 Å². The Kier molecular flexibility index (Phi) is 47.9. The van der Waals surface area contributed by atoms with Gasteiger partial charge in [-0.1, -0.05) is 216 Å². The Morgan fingerprint density at radius 3 is 1.21 bits per heavy atom. The maximum atomic E-state index is 12.8. The van der Waals surface area contributed by atoms with Crippen molar-refractivity contribution in [2.75, 3.05) is 13.2 Å². The number of unbranched alkanes of at least 4 members (excludes halogenated alkanes) is 25. The van der Waals surface area contributed by atoms with Crippen molar-refractivity contribution in [1.82, 2.24) is 0 Å². The van der Waals surface area contributed by atoms with Crippen LogP contribution in [0.25, 0.3) is 0 Å². The summed E-state index contributed by atoms with van der Waals surface area (Å²) in [6.07, 6.45) is 63.5. The summed E-state index contributed by atoms with van der Waals surface area (Å²) in [6, 6.07) is 0. The Morgan fingerprint density at radius 1 is 0.371 bits per heavy atom. The molecule has 0 fully saturated rings. The van der Waals surface area contributed by atoms with E-state index in [-0.39, 0.29) is 31.6 Å². The van der Waals surface area contributed by atoms with Gasteiger partial charge in [-0.25, -0.2) is 0 Å². The molecule has 0 radical (unpaired) electrons. The highest BCUT2D eigenvalue weighted by Gasteiger charge is 2.19. The molecule has 0 aliphatic rings. The van der Waals surface area contributed by atoms with E-state index >= 15 is 0 Å². The molecule has 62 heavy (non-hydrogen) atoms. The van der Waals surface area contributed by atoms with Crippen LogP contribution in [-0.4, -0.2) is 37.2 Å². The third-order valence-electron chi connectivity index (χ3n) is 11.0. The molecule has 6 nitrogen and oxygen atoms in total. The summed E-state index contributed by atoms with van der Waals surface area (Å²) in [5.74, 6) is -1.06. The summed E-state index contributed by atoms with van der Waals surface area (Å²) in [6.45, 7) is 6.40. The summed E-state index contributed by atoms with van der Waals surface area (Å²) >= 11 is 0. The smallest absolute Gasteiger partial charge is 0.309 e. The van der Waals surface area contributed by atoms with Crippen molar-refractivity contribution in [3.05, 3.63) is 72.9 Å². The van der Waals surface area contributed by atoms with E-state index in [0.29, 0.717) is 12.8 Å². The quantitative estimate of drug-likeness (QED) is 0.0199. The lowest BCUT2D eigenvalue weighted by molar-refractivity contribution is -0.166. The topological polar surface area (TPSA) is 78.9 Å². The zero-order valence-electron chi connectivity index (χ0n) is 40.6. The molecule has 0 amide bonds. The molecule has 1 atom stereocenters. The highest BCUT2D eigenvalue weighted by atomic mass is 16.6. The lowest BCUT2D eigenvalue weighted by Gasteiger charge is -2.18. The van der Waals surface area contributed by atoms with Crippen LogP contribution in [-0.2, 0) is 28.6 Å². The Balaban J connectivity index is 4.39. The van der Waals surface area contributed by atoms with Crippen LogP contribution < -0.4 is 0 Å². The van der Waals surface area contributed by atoms with Gasteiger partial charge in [-0.3, -0.25) is 14.4 Å². The van der Waals surface area contributed by atoms with Crippen molar-refractivity contribution < 1.29 is 28.6 Å². The molecule has 0 rings (SSSR count). The second-order valence-electron chi connectivity index (χ2n) is 17.1. The van der Waals surface area contributed by atoms with E-state index in [9.17, 15) is 14.4 Å². The standard InChI is InChI=1S/C56H96O6/c1-4-7-10-13-16-19-21-23-25-27-29-30-32-34-37-40-43-46-49-55(58)61-52-53(51-60-54(57)48-45-42-39-36-18-15-12-9-6-3)62-56(59)50-47-44-41-38-35-33-31-28-26-24-22-20-17-14-11-8-5-2/h9,12,18,24-27,29-30,36,42,45,53H,4-8,10-11,13-17,19-23,28,31-35,37-41,43-44,46-52H2,1-3H3/b12-9-,26-24-,27-25-,30-29-,36-18-,45-42-. The van der Waals surface area contributed by atoms with Gasteiger partial charge >= 0.3 is 17.9 Å². The van der Waals surface area contributed by atoms with Crippen LogP contribution in [0.15, 0.2) is 72.9 Å². The summed E-state index contributed by atoms with van der Waals surface area (Å²) in [4.78, 5) is 37.8. The lowest BCUT2D eigenvalue weighted by atomic mass is 10.1. The van der Waals surface area contributed by atoms with Gasteiger partial charge in [0, 0.05) is 12.8 Å². The number of rotatable bonds is 46. The minimum atomic E-state index is -0.818.